The molecule has 0 aromatic heterocycles. The molecule has 0 spiro atoms. The van der Waals surface area contributed by atoms with Crippen LogP contribution in [-0.2, 0) is 4.74 Å². The second kappa shape index (κ2) is 5.10. The number of para-hydroxylation sites is 1. The van der Waals surface area contributed by atoms with Gasteiger partial charge in [-0.15, -0.1) is 0 Å². The second-order valence-electron chi connectivity index (χ2n) is 5.92. The Bertz CT molecular complexity index is 459. The molecule has 1 N–H and O–H groups in total. The summed E-state index contributed by atoms with van der Waals surface area (Å²) in [4.78, 5) is 1.98. The van der Waals surface area contributed by atoms with Gasteiger partial charge in [-0.2, -0.15) is 0 Å². The summed E-state index contributed by atoms with van der Waals surface area (Å²) in [5.74, 6) is -0.289. The number of rotatable bonds is 2. The topological polar surface area (TPSA) is 32.7 Å². The highest BCUT2D eigenvalue weighted by molar-refractivity contribution is 5.56. The zero-order valence-corrected chi connectivity index (χ0v) is 12.0. The highest BCUT2D eigenvalue weighted by Crippen LogP contribution is 2.33. The standard InChI is InChI=1S/C15H22FNO2/c1-10-8-17(9-15(3,4)19-10)14-12(11(2)18)6-5-7-13(14)16/h5-7,10-11,18H,8-9H2,1-4H3/t10?,11-/m0/s1. The van der Waals surface area contributed by atoms with Crippen LogP contribution in [0.25, 0.3) is 0 Å². The van der Waals surface area contributed by atoms with Gasteiger partial charge in [0.15, 0.2) is 0 Å². The molecule has 1 aromatic rings. The third-order valence-corrected chi connectivity index (χ3v) is 3.35. The molecule has 2 atom stereocenters. The van der Waals surface area contributed by atoms with E-state index in [-0.39, 0.29) is 17.5 Å². The number of nitrogens with zero attached hydrogens (tertiary/aromatic N) is 1. The van der Waals surface area contributed by atoms with Crippen molar-refractivity contribution in [3.8, 4) is 0 Å². The Balaban J connectivity index is 2.41. The quantitative estimate of drug-likeness (QED) is 0.894. The lowest BCUT2D eigenvalue weighted by Crippen LogP contribution is -2.52. The predicted molar refractivity (Wildman–Crippen MR) is 73.9 cm³/mol. The maximum atomic E-state index is 14.2. The van der Waals surface area contributed by atoms with Crippen molar-refractivity contribution >= 4 is 5.69 Å². The second-order valence-corrected chi connectivity index (χ2v) is 5.92. The average Bonchev–Trinajstić information content (AvgIpc) is 2.25. The molecule has 1 aliphatic heterocycles. The van der Waals surface area contributed by atoms with Crippen LogP contribution in [-0.4, -0.2) is 29.9 Å². The Morgan fingerprint density at radius 2 is 2.16 bits per heavy atom. The van der Waals surface area contributed by atoms with Gasteiger partial charge in [0, 0.05) is 18.7 Å². The molecule has 0 saturated carbocycles. The first-order chi connectivity index (χ1) is 8.80. The Morgan fingerprint density at radius 1 is 1.47 bits per heavy atom. The van der Waals surface area contributed by atoms with Gasteiger partial charge in [-0.1, -0.05) is 12.1 Å². The lowest BCUT2D eigenvalue weighted by Gasteiger charge is -2.43. The molecule has 2 rings (SSSR count). The van der Waals surface area contributed by atoms with Gasteiger partial charge >= 0.3 is 0 Å². The predicted octanol–water partition coefficient (Wildman–Crippen LogP) is 2.88. The van der Waals surface area contributed by atoms with Gasteiger partial charge in [0.1, 0.15) is 5.82 Å². The zero-order valence-electron chi connectivity index (χ0n) is 12.0. The fraction of sp³-hybridized carbons (Fsp3) is 0.600. The summed E-state index contributed by atoms with van der Waals surface area (Å²) in [6.07, 6.45) is -0.655. The highest BCUT2D eigenvalue weighted by atomic mass is 19.1. The van der Waals surface area contributed by atoms with Crippen molar-refractivity contribution in [2.45, 2.75) is 45.5 Å². The van der Waals surface area contributed by atoms with Crippen LogP contribution >= 0.6 is 0 Å². The Labute approximate surface area is 114 Å². The smallest absolute Gasteiger partial charge is 0.146 e. The number of hydrogen-bond donors (Lipinski definition) is 1. The van der Waals surface area contributed by atoms with Crippen molar-refractivity contribution in [2.24, 2.45) is 0 Å². The molecule has 1 fully saturated rings. The summed E-state index contributed by atoms with van der Waals surface area (Å²) in [7, 11) is 0. The van der Waals surface area contributed by atoms with Gasteiger partial charge in [0.2, 0.25) is 0 Å². The van der Waals surface area contributed by atoms with Crippen molar-refractivity contribution in [1.29, 1.82) is 0 Å². The molecule has 0 bridgehead atoms. The van der Waals surface area contributed by atoms with Crippen LogP contribution in [0.3, 0.4) is 0 Å². The van der Waals surface area contributed by atoms with E-state index in [1.807, 2.05) is 25.7 Å². The molecular formula is C15H22FNO2. The molecule has 19 heavy (non-hydrogen) atoms. The number of hydrogen-bond acceptors (Lipinski definition) is 3. The van der Waals surface area contributed by atoms with E-state index < -0.39 is 6.10 Å². The molecule has 3 nitrogen and oxygen atoms in total. The number of halogens is 1. The van der Waals surface area contributed by atoms with Crippen LogP contribution < -0.4 is 4.90 Å². The normalized spacial score (nSPS) is 24.3. The summed E-state index contributed by atoms with van der Waals surface area (Å²) < 4.78 is 20.0. The van der Waals surface area contributed by atoms with Gasteiger partial charge in [-0.3, -0.25) is 0 Å². The first-order valence-electron chi connectivity index (χ1n) is 6.69. The van der Waals surface area contributed by atoms with E-state index >= 15 is 0 Å². The van der Waals surface area contributed by atoms with Gasteiger partial charge in [-0.05, 0) is 33.8 Å². The third kappa shape index (κ3) is 3.07. The van der Waals surface area contributed by atoms with Crippen LogP contribution in [0.4, 0.5) is 10.1 Å². The largest absolute Gasteiger partial charge is 0.389 e. The molecule has 106 valence electrons. The minimum absolute atomic E-state index is 0.0326. The van der Waals surface area contributed by atoms with E-state index in [9.17, 15) is 9.50 Å². The van der Waals surface area contributed by atoms with Crippen molar-refractivity contribution in [3.63, 3.8) is 0 Å². The Hall–Kier alpha value is -1.13. The summed E-state index contributed by atoms with van der Waals surface area (Å²) in [6.45, 7) is 8.88. The highest BCUT2D eigenvalue weighted by Gasteiger charge is 2.33. The summed E-state index contributed by atoms with van der Waals surface area (Å²) >= 11 is 0. The minimum atomic E-state index is -0.688. The average molecular weight is 267 g/mol. The summed E-state index contributed by atoms with van der Waals surface area (Å²) in [5.41, 5.74) is 0.807. The van der Waals surface area contributed by atoms with E-state index in [1.54, 1.807) is 19.1 Å². The number of aliphatic hydroxyl groups is 1. The van der Waals surface area contributed by atoms with Crippen LogP contribution in [0.2, 0.25) is 0 Å². The van der Waals surface area contributed by atoms with Crippen LogP contribution in [0.15, 0.2) is 18.2 Å². The van der Waals surface area contributed by atoms with Gasteiger partial charge < -0.3 is 14.7 Å². The van der Waals surface area contributed by atoms with Crippen molar-refractivity contribution < 1.29 is 14.2 Å². The maximum Gasteiger partial charge on any atom is 0.146 e. The SMILES string of the molecule is CC1CN(c2c(F)cccc2[C@H](C)O)CC(C)(C)O1. The lowest BCUT2D eigenvalue weighted by molar-refractivity contribution is -0.0752. The zero-order chi connectivity index (χ0) is 14.2. The molecule has 0 radical (unpaired) electrons. The van der Waals surface area contributed by atoms with Crippen molar-refractivity contribution in [3.05, 3.63) is 29.6 Å². The molecule has 1 unspecified atom stereocenters. The van der Waals surface area contributed by atoms with Crippen molar-refractivity contribution in [1.82, 2.24) is 0 Å². The molecule has 1 aliphatic rings. The molecule has 4 heteroatoms. The first-order valence-corrected chi connectivity index (χ1v) is 6.69. The van der Waals surface area contributed by atoms with E-state index in [4.69, 9.17) is 4.74 Å². The van der Waals surface area contributed by atoms with E-state index in [1.165, 1.54) is 6.07 Å². The van der Waals surface area contributed by atoms with Gasteiger partial charge in [0.25, 0.3) is 0 Å². The van der Waals surface area contributed by atoms with Gasteiger partial charge in [0.05, 0.1) is 23.5 Å². The molecule has 1 heterocycles. The lowest BCUT2D eigenvalue weighted by atomic mass is 10.0. The Morgan fingerprint density at radius 3 is 2.74 bits per heavy atom. The third-order valence-electron chi connectivity index (χ3n) is 3.35. The number of benzene rings is 1. The van der Waals surface area contributed by atoms with Crippen molar-refractivity contribution in [2.75, 3.05) is 18.0 Å². The maximum absolute atomic E-state index is 14.2. The first kappa shape index (κ1) is 14.3. The number of aliphatic hydroxyl groups excluding tert-OH is 1. The van der Waals surface area contributed by atoms with E-state index in [2.05, 4.69) is 0 Å². The molecular weight excluding hydrogens is 245 g/mol. The molecule has 0 aliphatic carbocycles. The molecule has 0 amide bonds. The summed E-state index contributed by atoms with van der Waals surface area (Å²) in [5, 5.41) is 9.83. The molecule has 1 saturated heterocycles. The van der Waals surface area contributed by atoms with E-state index in [0.29, 0.717) is 24.3 Å². The fourth-order valence-corrected chi connectivity index (χ4v) is 2.83. The number of ether oxygens (including phenoxy) is 1. The van der Waals surface area contributed by atoms with Crippen LogP contribution in [0.5, 0.6) is 0 Å². The minimum Gasteiger partial charge on any atom is -0.389 e. The van der Waals surface area contributed by atoms with E-state index in [0.717, 1.165) is 0 Å². The monoisotopic (exact) mass is 267 g/mol. The van der Waals surface area contributed by atoms with Crippen LogP contribution in [0, 0.1) is 5.82 Å². The fourth-order valence-electron chi connectivity index (χ4n) is 2.83. The van der Waals surface area contributed by atoms with Gasteiger partial charge in [-0.25, -0.2) is 4.39 Å². The Kier molecular flexibility index (Phi) is 3.83. The molecule has 1 aromatic carbocycles. The number of anilines is 1. The summed E-state index contributed by atoms with van der Waals surface area (Å²) in [6, 6.07) is 4.85. The van der Waals surface area contributed by atoms with Crippen LogP contribution in [0.1, 0.15) is 39.4 Å². The number of morpholine rings is 1.